The Kier molecular flexibility index (Phi) is 2.97. The summed E-state index contributed by atoms with van der Waals surface area (Å²) in [6, 6.07) is 12.1. The Balaban J connectivity index is 1.64. The van der Waals surface area contributed by atoms with Gasteiger partial charge in [-0.1, -0.05) is 24.3 Å². The molecule has 1 aromatic carbocycles. The van der Waals surface area contributed by atoms with Gasteiger partial charge in [0.25, 0.3) is 5.91 Å². The van der Waals surface area contributed by atoms with Crippen LogP contribution >= 0.6 is 0 Å². The standard InChI is InChI=1S/C17H17N3O/c21-17(11-5-7-18-8-6-11)20-16-13-4-2-1-3-12(13)14-9-19-10-15(14)16/h1-8,14-16,19H,9-10H2,(H,20,21)/t14-,15-,16-/m0/s1. The molecule has 4 nitrogen and oxygen atoms in total. The highest BCUT2D eigenvalue weighted by molar-refractivity contribution is 5.94. The SMILES string of the molecule is O=C(N[C@H]1c2ccccc2[C@@H]2CNC[C@@H]21)c1ccncc1. The van der Waals surface area contributed by atoms with Crippen LogP contribution in [-0.2, 0) is 0 Å². The van der Waals surface area contributed by atoms with Gasteiger partial charge in [-0.25, -0.2) is 0 Å². The number of aromatic nitrogens is 1. The number of hydrogen-bond donors (Lipinski definition) is 2. The molecular weight excluding hydrogens is 262 g/mol. The van der Waals surface area contributed by atoms with Crippen LogP contribution in [0.5, 0.6) is 0 Å². The quantitative estimate of drug-likeness (QED) is 0.882. The molecule has 1 amide bonds. The van der Waals surface area contributed by atoms with Crippen molar-refractivity contribution in [2.75, 3.05) is 13.1 Å². The first kappa shape index (κ1) is 12.5. The van der Waals surface area contributed by atoms with Crippen LogP contribution in [0.25, 0.3) is 0 Å². The van der Waals surface area contributed by atoms with Crippen LogP contribution in [0.2, 0.25) is 0 Å². The average molecular weight is 279 g/mol. The largest absolute Gasteiger partial charge is 0.345 e. The summed E-state index contributed by atoms with van der Waals surface area (Å²) in [6.45, 7) is 1.96. The molecule has 0 spiro atoms. The van der Waals surface area contributed by atoms with Crippen LogP contribution < -0.4 is 10.6 Å². The van der Waals surface area contributed by atoms with Crippen molar-refractivity contribution in [3.05, 3.63) is 65.5 Å². The first-order valence-electron chi connectivity index (χ1n) is 7.35. The van der Waals surface area contributed by atoms with E-state index >= 15 is 0 Å². The Labute approximate surface area is 123 Å². The minimum atomic E-state index is -0.0234. The highest BCUT2D eigenvalue weighted by Crippen LogP contribution is 2.46. The average Bonchev–Trinajstić information content (AvgIpc) is 3.11. The fraction of sp³-hybridized carbons (Fsp3) is 0.294. The summed E-state index contributed by atoms with van der Waals surface area (Å²) in [5, 5.41) is 6.66. The van der Waals surface area contributed by atoms with Crippen molar-refractivity contribution >= 4 is 5.91 Å². The van der Waals surface area contributed by atoms with Gasteiger partial charge in [-0.15, -0.1) is 0 Å². The normalized spacial score (nSPS) is 26.2. The van der Waals surface area contributed by atoms with Crippen molar-refractivity contribution in [3.63, 3.8) is 0 Å². The van der Waals surface area contributed by atoms with Gasteiger partial charge < -0.3 is 10.6 Å². The molecule has 0 saturated carbocycles. The van der Waals surface area contributed by atoms with Crippen LogP contribution in [0.1, 0.15) is 33.4 Å². The molecule has 0 bridgehead atoms. The Morgan fingerprint density at radius 3 is 2.67 bits per heavy atom. The van der Waals surface area contributed by atoms with Gasteiger partial charge >= 0.3 is 0 Å². The minimum absolute atomic E-state index is 0.0234. The molecule has 1 saturated heterocycles. The number of nitrogens with one attached hydrogen (secondary N) is 2. The van der Waals surface area contributed by atoms with E-state index in [-0.39, 0.29) is 11.9 Å². The maximum atomic E-state index is 12.4. The van der Waals surface area contributed by atoms with E-state index in [0.717, 1.165) is 13.1 Å². The number of amides is 1. The summed E-state index contributed by atoms with van der Waals surface area (Å²) >= 11 is 0. The van der Waals surface area contributed by atoms with E-state index < -0.39 is 0 Å². The summed E-state index contributed by atoms with van der Waals surface area (Å²) in [7, 11) is 0. The molecule has 2 heterocycles. The van der Waals surface area contributed by atoms with Crippen LogP contribution in [0.4, 0.5) is 0 Å². The molecule has 0 unspecified atom stereocenters. The van der Waals surface area contributed by atoms with E-state index in [1.54, 1.807) is 24.5 Å². The zero-order valence-corrected chi connectivity index (χ0v) is 11.6. The van der Waals surface area contributed by atoms with Crippen molar-refractivity contribution in [1.82, 2.24) is 15.6 Å². The maximum Gasteiger partial charge on any atom is 0.251 e. The molecule has 2 aliphatic rings. The van der Waals surface area contributed by atoms with Crippen molar-refractivity contribution in [2.24, 2.45) is 5.92 Å². The molecule has 1 aliphatic carbocycles. The molecule has 1 aromatic heterocycles. The van der Waals surface area contributed by atoms with Crippen molar-refractivity contribution in [3.8, 4) is 0 Å². The molecule has 4 heteroatoms. The first-order chi connectivity index (χ1) is 10.3. The van der Waals surface area contributed by atoms with Crippen molar-refractivity contribution in [2.45, 2.75) is 12.0 Å². The summed E-state index contributed by atoms with van der Waals surface area (Å²) in [5.41, 5.74) is 3.32. The molecule has 1 aliphatic heterocycles. The molecule has 1 fully saturated rings. The minimum Gasteiger partial charge on any atom is -0.345 e. The summed E-state index contributed by atoms with van der Waals surface area (Å²) < 4.78 is 0. The van der Waals surface area contributed by atoms with Gasteiger partial charge in [0.05, 0.1) is 6.04 Å². The van der Waals surface area contributed by atoms with E-state index in [0.29, 0.717) is 17.4 Å². The molecule has 3 atom stereocenters. The smallest absolute Gasteiger partial charge is 0.251 e. The van der Waals surface area contributed by atoms with E-state index in [4.69, 9.17) is 0 Å². The number of carbonyl (C=O) groups is 1. The summed E-state index contributed by atoms with van der Waals surface area (Å²) in [5.74, 6) is 0.946. The second kappa shape index (κ2) is 4.97. The molecule has 21 heavy (non-hydrogen) atoms. The van der Waals surface area contributed by atoms with E-state index in [1.807, 2.05) is 0 Å². The predicted octanol–water partition coefficient (Wildman–Crippen LogP) is 1.87. The Hall–Kier alpha value is -2.20. The number of nitrogens with zero attached hydrogens (tertiary/aromatic N) is 1. The van der Waals surface area contributed by atoms with Crippen LogP contribution in [-0.4, -0.2) is 24.0 Å². The van der Waals surface area contributed by atoms with E-state index in [1.165, 1.54) is 11.1 Å². The fourth-order valence-corrected chi connectivity index (χ4v) is 3.66. The third-order valence-electron chi connectivity index (χ3n) is 4.65. The zero-order valence-electron chi connectivity index (χ0n) is 11.6. The van der Waals surface area contributed by atoms with E-state index in [2.05, 4.69) is 39.9 Å². The lowest BCUT2D eigenvalue weighted by Gasteiger charge is -2.20. The second-order valence-corrected chi connectivity index (χ2v) is 5.74. The number of fused-ring (bicyclic) bond motifs is 3. The summed E-state index contributed by atoms with van der Waals surface area (Å²) in [4.78, 5) is 16.4. The van der Waals surface area contributed by atoms with Crippen molar-refractivity contribution < 1.29 is 4.79 Å². The maximum absolute atomic E-state index is 12.4. The van der Waals surface area contributed by atoms with Gasteiger partial charge in [0.15, 0.2) is 0 Å². The van der Waals surface area contributed by atoms with Gasteiger partial charge in [0.1, 0.15) is 0 Å². The Morgan fingerprint density at radius 1 is 1.10 bits per heavy atom. The van der Waals surface area contributed by atoms with Gasteiger partial charge in [-0.3, -0.25) is 9.78 Å². The van der Waals surface area contributed by atoms with Crippen LogP contribution in [0.15, 0.2) is 48.8 Å². The van der Waals surface area contributed by atoms with Gasteiger partial charge in [0, 0.05) is 42.9 Å². The number of rotatable bonds is 2. The molecular formula is C17H17N3O. The lowest BCUT2D eigenvalue weighted by atomic mass is 9.94. The lowest BCUT2D eigenvalue weighted by molar-refractivity contribution is 0.0926. The lowest BCUT2D eigenvalue weighted by Crippen LogP contribution is -2.33. The van der Waals surface area contributed by atoms with Gasteiger partial charge in [0.2, 0.25) is 0 Å². The number of pyridine rings is 1. The topological polar surface area (TPSA) is 54.0 Å². The monoisotopic (exact) mass is 279 g/mol. The fourth-order valence-electron chi connectivity index (χ4n) is 3.66. The number of carbonyl (C=O) groups excluding carboxylic acids is 1. The van der Waals surface area contributed by atoms with Gasteiger partial charge in [-0.2, -0.15) is 0 Å². The Morgan fingerprint density at radius 2 is 1.86 bits per heavy atom. The third kappa shape index (κ3) is 2.03. The third-order valence-corrected chi connectivity index (χ3v) is 4.65. The van der Waals surface area contributed by atoms with Gasteiger partial charge in [-0.05, 0) is 23.3 Å². The number of hydrogen-bond acceptors (Lipinski definition) is 3. The second-order valence-electron chi connectivity index (χ2n) is 5.74. The number of benzene rings is 1. The Bertz CT molecular complexity index is 671. The predicted molar refractivity (Wildman–Crippen MR) is 80.0 cm³/mol. The van der Waals surface area contributed by atoms with Crippen LogP contribution in [0.3, 0.4) is 0 Å². The molecule has 0 radical (unpaired) electrons. The van der Waals surface area contributed by atoms with Crippen LogP contribution in [0, 0.1) is 5.92 Å². The molecule has 2 aromatic rings. The molecule has 2 N–H and O–H groups in total. The first-order valence-corrected chi connectivity index (χ1v) is 7.35. The molecule has 106 valence electrons. The summed E-state index contributed by atoms with van der Waals surface area (Å²) in [6.07, 6.45) is 3.30. The van der Waals surface area contributed by atoms with E-state index in [9.17, 15) is 4.79 Å². The zero-order chi connectivity index (χ0) is 14.2. The highest BCUT2D eigenvalue weighted by Gasteiger charge is 2.43. The van der Waals surface area contributed by atoms with Crippen molar-refractivity contribution in [1.29, 1.82) is 0 Å². The molecule has 4 rings (SSSR count). The highest BCUT2D eigenvalue weighted by atomic mass is 16.1.